The van der Waals surface area contributed by atoms with Crippen molar-refractivity contribution in [1.82, 2.24) is 14.8 Å². The Morgan fingerprint density at radius 3 is 2.55 bits per heavy atom. The molecular formula is C24H27N3O3S. The SMILES string of the molecule is CCc1ccc(OCc2nnc(SC3CC(C)OC3=O)n2C(C)c2ccccc2)cc1. The van der Waals surface area contributed by atoms with E-state index in [4.69, 9.17) is 9.47 Å². The summed E-state index contributed by atoms with van der Waals surface area (Å²) in [6.45, 7) is 6.45. The van der Waals surface area contributed by atoms with Crippen LogP contribution >= 0.6 is 11.8 Å². The maximum Gasteiger partial charge on any atom is 0.319 e. The molecule has 0 aliphatic carbocycles. The second-order valence-electron chi connectivity index (χ2n) is 7.73. The van der Waals surface area contributed by atoms with Crippen molar-refractivity contribution in [2.24, 2.45) is 0 Å². The van der Waals surface area contributed by atoms with Crippen LogP contribution in [0.15, 0.2) is 59.8 Å². The summed E-state index contributed by atoms with van der Waals surface area (Å²) >= 11 is 1.42. The van der Waals surface area contributed by atoms with Gasteiger partial charge in [0, 0.05) is 6.42 Å². The summed E-state index contributed by atoms with van der Waals surface area (Å²) in [5.74, 6) is 1.33. The molecule has 0 amide bonds. The monoisotopic (exact) mass is 437 g/mol. The summed E-state index contributed by atoms with van der Waals surface area (Å²) in [6, 6.07) is 18.3. The van der Waals surface area contributed by atoms with Crippen LogP contribution in [-0.2, 0) is 22.6 Å². The molecule has 3 unspecified atom stereocenters. The van der Waals surface area contributed by atoms with Gasteiger partial charge in [0.2, 0.25) is 0 Å². The number of rotatable bonds is 8. The van der Waals surface area contributed by atoms with Gasteiger partial charge in [-0.15, -0.1) is 10.2 Å². The van der Waals surface area contributed by atoms with Gasteiger partial charge in [0.15, 0.2) is 11.0 Å². The van der Waals surface area contributed by atoms with Crippen LogP contribution in [0.3, 0.4) is 0 Å². The van der Waals surface area contributed by atoms with Crippen LogP contribution in [0, 0.1) is 0 Å². The van der Waals surface area contributed by atoms with Crippen molar-refractivity contribution in [2.45, 2.75) is 62.8 Å². The number of carbonyl (C=O) groups is 1. The highest BCUT2D eigenvalue weighted by Crippen LogP contribution is 2.34. The van der Waals surface area contributed by atoms with Crippen molar-refractivity contribution in [3.05, 3.63) is 71.5 Å². The molecule has 3 atom stereocenters. The summed E-state index contributed by atoms with van der Waals surface area (Å²) in [5.41, 5.74) is 2.41. The fourth-order valence-corrected chi connectivity index (χ4v) is 4.91. The second-order valence-corrected chi connectivity index (χ2v) is 8.90. The van der Waals surface area contributed by atoms with Crippen molar-refractivity contribution >= 4 is 17.7 Å². The lowest BCUT2D eigenvalue weighted by atomic mass is 10.1. The molecule has 3 aromatic rings. The molecule has 0 spiro atoms. The number of aromatic nitrogens is 3. The molecule has 1 aliphatic rings. The van der Waals surface area contributed by atoms with Gasteiger partial charge in [-0.25, -0.2) is 0 Å². The van der Waals surface area contributed by atoms with Gasteiger partial charge in [-0.3, -0.25) is 9.36 Å². The molecule has 2 aromatic carbocycles. The molecule has 4 rings (SSSR count). The van der Waals surface area contributed by atoms with Crippen LogP contribution in [0.4, 0.5) is 0 Å². The zero-order chi connectivity index (χ0) is 21.8. The lowest BCUT2D eigenvalue weighted by Gasteiger charge is -2.19. The van der Waals surface area contributed by atoms with E-state index >= 15 is 0 Å². The Morgan fingerprint density at radius 1 is 1.16 bits per heavy atom. The van der Waals surface area contributed by atoms with Crippen LogP contribution in [0.5, 0.6) is 5.75 Å². The maximum atomic E-state index is 12.2. The summed E-state index contributed by atoms with van der Waals surface area (Å²) in [7, 11) is 0. The van der Waals surface area contributed by atoms with E-state index in [1.807, 2.05) is 37.3 Å². The summed E-state index contributed by atoms with van der Waals surface area (Å²) in [5, 5.41) is 9.26. The fraction of sp³-hybridized carbons (Fsp3) is 0.375. The third kappa shape index (κ3) is 4.93. The number of nitrogens with zero attached hydrogens (tertiary/aromatic N) is 3. The molecule has 6 nitrogen and oxygen atoms in total. The van der Waals surface area contributed by atoms with E-state index in [1.54, 1.807) is 0 Å². The zero-order valence-corrected chi connectivity index (χ0v) is 18.8. The standard InChI is InChI=1S/C24H27N3O3S/c1-4-18-10-12-20(13-11-18)29-15-22-25-26-24(31-21-14-16(2)30-23(21)28)27(22)17(3)19-8-6-5-7-9-19/h5-13,16-17,21H,4,14-15H2,1-3H3. The zero-order valence-electron chi connectivity index (χ0n) is 18.0. The summed E-state index contributed by atoms with van der Waals surface area (Å²) < 4.78 is 13.4. The van der Waals surface area contributed by atoms with Gasteiger partial charge in [0.25, 0.3) is 0 Å². The van der Waals surface area contributed by atoms with Crippen LogP contribution < -0.4 is 4.74 Å². The molecule has 1 fully saturated rings. The van der Waals surface area contributed by atoms with Gasteiger partial charge >= 0.3 is 5.97 Å². The minimum absolute atomic E-state index is 0.00499. The smallest absolute Gasteiger partial charge is 0.319 e. The molecule has 1 aromatic heterocycles. The number of cyclic esters (lactones) is 1. The van der Waals surface area contributed by atoms with Crippen molar-refractivity contribution in [3.8, 4) is 5.75 Å². The Kier molecular flexibility index (Phi) is 6.61. The molecule has 1 saturated heterocycles. The molecular weight excluding hydrogens is 410 g/mol. The normalized spacial score (nSPS) is 19.3. The van der Waals surface area contributed by atoms with E-state index in [2.05, 4.69) is 52.9 Å². The predicted molar refractivity (Wildman–Crippen MR) is 120 cm³/mol. The van der Waals surface area contributed by atoms with Gasteiger partial charge in [-0.1, -0.05) is 61.2 Å². The number of aryl methyl sites for hydroxylation is 1. The Bertz CT molecular complexity index is 1020. The Balaban J connectivity index is 1.59. The lowest BCUT2D eigenvalue weighted by molar-refractivity contribution is -0.140. The largest absolute Gasteiger partial charge is 0.486 e. The van der Waals surface area contributed by atoms with E-state index in [-0.39, 0.29) is 23.4 Å². The van der Waals surface area contributed by atoms with Crippen LogP contribution in [-0.4, -0.2) is 32.1 Å². The van der Waals surface area contributed by atoms with Gasteiger partial charge in [0.1, 0.15) is 23.7 Å². The van der Waals surface area contributed by atoms with Crippen molar-refractivity contribution in [1.29, 1.82) is 0 Å². The first-order valence-corrected chi connectivity index (χ1v) is 11.5. The second kappa shape index (κ2) is 9.56. The quantitative estimate of drug-likeness (QED) is 0.471. The molecule has 162 valence electrons. The van der Waals surface area contributed by atoms with E-state index in [9.17, 15) is 4.79 Å². The third-order valence-electron chi connectivity index (χ3n) is 5.48. The average Bonchev–Trinajstić information content (AvgIpc) is 3.34. The minimum Gasteiger partial charge on any atom is -0.486 e. The average molecular weight is 438 g/mol. The van der Waals surface area contributed by atoms with E-state index in [0.29, 0.717) is 18.2 Å². The highest BCUT2D eigenvalue weighted by atomic mass is 32.2. The number of hydrogen-bond acceptors (Lipinski definition) is 6. The highest BCUT2D eigenvalue weighted by molar-refractivity contribution is 8.00. The lowest BCUT2D eigenvalue weighted by Crippen LogP contribution is -2.16. The topological polar surface area (TPSA) is 66.2 Å². The summed E-state index contributed by atoms with van der Waals surface area (Å²) in [6.07, 6.45) is 1.60. The van der Waals surface area contributed by atoms with Crippen molar-refractivity contribution in [3.63, 3.8) is 0 Å². The highest BCUT2D eigenvalue weighted by Gasteiger charge is 2.35. The molecule has 0 bridgehead atoms. The number of ether oxygens (including phenoxy) is 2. The van der Waals surface area contributed by atoms with E-state index in [0.717, 1.165) is 23.6 Å². The third-order valence-corrected chi connectivity index (χ3v) is 6.64. The van der Waals surface area contributed by atoms with E-state index < -0.39 is 0 Å². The number of thioether (sulfide) groups is 1. The van der Waals surface area contributed by atoms with Gasteiger partial charge in [-0.05, 0) is 43.5 Å². The van der Waals surface area contributed by atoms with Gasteiger partial charge < -0.3 is 9.47 Å². The van der Waals surface area contributed by atoms with Crippen molar-refractivity contribution in [2.75, 3.05) is 0 Å². The number of carbonyl (C=O) groups excluding carboxylic acids is 1. The summed E-state index contributed by atoms with van der Waals surface area (Å²) in [4.78, 5) is 12.2. The molecule has 0 N–H and O–H groups in total. The Hall–Kier alpha value is -2.80. The van der Waals surface area contributed by atoms with Crippen molar-refractivity contribution < 1.29 is 14.3 Å². The molecule has 0 radical (unpaired) electrons. The molecule has 1 aliphatic heterocycles. The van der Waals surface area contributed by atoms with Crippen LogP contribution in [0.2, 0.25) is 0 Å². The number of hydrogen-bond donors (Lipinski definition) is 0. The Morgan fingerprint density at radius 2 is 1.90 bits per heavy atom. The Labute approximate surface area is 187 Å². The molecule has 2 heterocycles. The predicted octanol–water partition coefficient (Wildman–Crippen LogP) is 4.82. The minimum atomic E-state index is -0.267. The number of benzene rings is 2. The molecule has 0 saturated carbocycles. The first-order valence-electron chi connectivity index (χ1n) is 10.6. The first kappa shape index (κ1) is 21.4. The molecule has 7 heteroatoms. The van der Waals surface area contributed by atoms with Crippen LogP contribution in [0.25, 0.3) is 0 Å². The first-order chi connectivity index (χ1) is 15.0. The van der Waals surface area contributed by atoms with Gasteiger partial charge in [-0.2, -0.15) is 0 Å². The van der Waals surface area contributed by atoms with Gasteiger partial charge in [0.05, 0.1) is 6.04 Å². The number of esters is 1. The maximum absolute atomic E-state index is 12.2. The van der Waals surface area contributed by atoms with Crippen LogP contribution in [0.1, 0.15) is 50.2 Å². The fourth-order valence-electron chi connectivity index (χ4n) is 3.67. The van der Waals surface area contributed by atoms with E-state index in [1.165, 1.54) is 17.3 Å². The molecule has 31 heavy (non-hydrogen) atoms.